The number of rotatable bonds is 3. The second kappa shape index (κ2) is 5.72. The van der Waals surface area contributed by atoms with E-state index in [9.17, 15) is 18.3 Å². The summed E-state index contributed by atoms with van der Waals surface area (Å²) in [6.07, 6.45) is -1.45. The van der Waals surface area contributed by atoms with Crippen LogP contribution in [0.3, 0.4) is 0 Å². The van der Waals surface area contributed by atoms with E-state index in [4.69, 9.17) is 0 Å². The average molecular weight is 316 g/mol. The number of aliphatic hydroxyl groups is 1. The SMILES string of the molecule is CC1(C)C[C@H](O)C[C@](C)(CNc2ccc(C(F)(F)F)cn2)C1. The largest absolute Gasteiger partial charge is 0.417 e. The summed E-state index contributed by atoms with van der Waals surface area (Å²) in [5, 5.41) is 13.1. The zero-order valence-electron chi connectivity index (χ0n) is 13.2. The molecule has 1 fully saturated rings. The number of aromatic nitrogens is 1. The van der Waals surface area contributed by atoms with Crippen LogP contribution in [0.5, 0.6) is 0 Å². The normalized spacial score (nSPS) is 28.4. The Bertz CT molecular complexity index is 513. The van der Waals surface area contributed by atoms with E-state index in [2.05, 4.69) is 31.1 Å². The molecule has 0 bridgehead atoms. The second-order valence-electron chi connectivity index (χ2n) is 7.50. The first kappa shape index (κ1) is 17.1. The van der Waals surface area contributed by atoms with Crippen LogP contribution in [0.1, 0.15) is 45.6 Å². The van der Waals surface area contributed by atoms with Crippen molar-refractivity contribution in [2.24, 2.45) is 10.8 Å². The number of hydrogen-bond acceptors (Lipinski definition) is 3. The van der Waals surface area contributed by atoms with Crippen molar-refractivity contribution in [3.63, 3.8) is 0 Å². The Balaban J connectivity index is 2.00. The summed E-state index contributed by atoms with van der Waals surface area (Å²) in [7, 11) is 0. The van der Waals surface area contributed by atoms with Crippen LogP contribution < -0.4 is 5.32 Å². The molecule has 0 saturated heterocycles. The summed E-state index contributed by atoms with van der Waals surface area (Å²) in [6, 6.07) is 2.37. The molecular formula is C16H23F3N2O. The van der Waals surface area contributed by atoms with Gasteiger partial charge in [-0.05, 0) is 42.2 Å². The maximum absolute atomic E-state index is 12.5. The van der Waals surface area contributed by atoms with Crippen LogP contribution in [-0.4, -0.2) is 22.7 Å². The predicted molar refractivity (Wildman–Crippen MR) is 79.5 cm³/mol. The molecule has 1 aromatic heterocycles. The highest BCUT2D eigenvalue weighted by Gasteiger charge is 2.40. The topological polar surface area (TPSA) is 45.1 Å². The van der Waals surface area contributed by atoms with Crippen molar-refractivity contribution in [2.75, 3.05) is 11.9 Å². The number of nitrogens with zero attached hydrogens (tertiary/aromatic N) is 1. The minimum Gasteiger partial charge on any atom is -0.393 e. The van der Waals surface area contributed by atoms with Gasteiger partial charge < -0.3 is 10.4 Å². The van der Waals surface area contributed by atoms with Crippen LogP contribution in [-0.2, 0) is 6.18 Å². The van der Waals surface area contributed by atoms with Gasteiger partial charge in [-0.1, -0.05) is 20.8 Å². The molecule has 0 aromatic carbocycles. The third-order valence-corrected chi connectivity index (χ3v) is 4.21. The maximum atomic E-state index is 12.5. The number of alkyl halides is 3. The molecule has 0 aliphatic heterocycles. The third-order valence-electron chi connectivity index (χ3n) is 4.21. The Labute approximate surface area is 129 Å². The Morgan fingerprint density at radius 2 is 1.95 bits per heavy atom. The highest BCUT2D eigenvalue weighted by molar-refractivity contribution is 5.36. The Morgan fingerprint density at radius 1 is 1.27 bits per heavy atom. The van der Waals surface area contributed by atoms with Gasteiger partial charge in [0.25, 0.3) is 0 Å². The van der Waals surface area contributed by atoms with Crippen LogP contribution in [0.4, 0.5) is 19.0 Å². The van der Waals surface area contributed by atoms with Gasteiger partial charge in [-0.3, -0.25) is 0 Å². The van der Waals surface area contributed by atoms with E-state index in [1.807, 2.05) is 0 Å². The number of halogens is 3. The van der Waals surface area contributed by atoms with Crippen molar-refractivity contribution >= 4 is 5.82 Å². The van der Waals surface area contributed by atoms with Crippen LogP contribution in [0.15, 0.2) is 18.3 Å². The lowest BCUT2D eigenvalue weighted by Gasteiger charge is -2.45. The summed E-state index contributed by atoms with van der Waals surface area (Å²) < 4.78 is 37.5. The summed E-state index contributed by atoms with van der Waals surface area (Å²) in [4.78, 5) is 3.82. The molecule has 0 spiro atoms. The lowest BCUT2D eigenvalue weighted by Crippen LogP contribution is -2.42. The van der Waals surface area contributed by atoms with Crippen LogP contribution >= 0.6 is 0 Å². The van der Waals surface area contributed by atoms with Gasteiger partial charge in [0.2, 0.25) is 0 Å². The number of hydrogen-bond donors (Lipinski definition) is 2. The smallest absolute Gasteiger partial charge is 0.393 e. The van der Waals surface area contributed by atoms with E-state index in [1.54, 1.807) is 0 Å². The lowest BCUT2D eigenvalue weighted by molar-refractivity contribution is -0.137. The van der Waals surface area contributed by atoms with Gasteiger partial charge in [-0.15, -0.1) is 0 Å². The van der Waals surface area contributed by atoms with Gasteiger partial charge in [0.15, 0.2) is 0 Å². The van der Waals surface area contributed by atoms with Crippen molar-refractivity contribution in [2.45, 2.75) is 52.3 Å². The van der Waals surface area contributed by atoms with Crippen molar-refractivity contribution < 1.29 is 18.3 Å². The molecule has 2 atom stereocenters. The molecule has 1 saturated carbocycles. The van der Waals surface area contributed by atoms with E-state index in [1.165, 1.54) is 6.07 Å². The van der Waals surface area contributed by atoms with Gasteiger partial charge in [-0.25, -0.2) is 4.98 Å². The summed E-state index contributed by atoms with van der Waals surface area (Å²) in [6.45, 7) is 6.92. The Kier molecular flexibility index (Phi) is 4.44. The molecule has 22 heavy (non-hydrogen) atoms. The molecule has 0 amide bonds. The minimum absolute atomic E-state index is 0.0572. The van der Waals surface area contributed by atoms with Crippen molar-refractivity contribution in [3.05, 3.63) is 23.9 Å². The maximum Gasteiger partial charge on any atom is 0.417 e. The van der Waals surface area contributed by atoms with Gasteiger partial charge >= 0.3 is 6.18 Å². The number of pyridine rings is 1. The summed E-state index contributed by atoms with van der Waals surface area (Å²) in [5.41, 5.74) is -0.800. The first-order valence-electron chi connectivity index (χ1n) is 7.44. The monoisotopic (exact) mass is 316 g/mol. The summed E-state index contributed by atoms with van der Waals surface area (Å²) in [5.74, 6) is 0.423. The van der Waals surface area contributed by atoms with E-state index in [0.717, 1.165) is 25.1 Å². The molecule has 3 nitrogen and oxygen atoms in total. The predicted octanol–water partition coefficient (Wildman–Crippen LogP) is 4.09. The fraction of sp³-hybridized carbons (Fsp3) is 0.688. The number of nitrogens with one attached hydrogen (secondary N) is 1. The van der Waals surface area contributed by atoms with Crippen LogP contribution in [0.25, 0.3) is 0 Å². The van der Waals surface area contributed by atoms with Gasteiger partial charge in [-0.2, -0.15) is 13.2 Å². The highest BCUT2D eigenvalue weighted by Crippen LogP contribution is 2.46. The van der Waals surface area contributed by atoms with E-state index < -0.39 is 11.7 Å². The molecule has 0 unspecified atom stereocenters. The van der Waals surface area contributed by atoms with Crippen molar-refractivity contribution in [1.82, 2.24) is 4.98 Å². The Hall–Kier alpha value is -1.30. The number of aliphatic hydroxyl groups excluding tert-OH is 1. The summed E-state index contributed by atoms with van der Waals surface area (Å²) >= 11 is 0. The van der Waals surface area contributed by atoms with E-state index in [-0.39, 0.29) is 16.9 Å². The standard InChI is InChI=1S/C16H23F3N2O/c1-14(2)6-12(22)7-15(3,9-14)10-21-13-5-4-11(8-20-13)16(17,18)19/h4-5,8,12,22H,6-7,9-10H2,1-3H3,(H,20,21)/t12-,15-/m0/s1. The minimum atomic E-state index is -4.37. The van der Waals surface area contributed by atoms with Crippen molar-refractivity contribution in [1.29, 1.82) is 0 Å². The van der Waals surface area contributed by atoms with Gasteiger partial charge in [0, 0.05) is 12.7 Å². The fourth-order valence-corrected chi connectivity index (χ4v) is 3.68. The molecule has 2 rings (SSSR count). The Morgan fingerprint density at radius 3 is 2.45 bits per heavy atom. The second-order valence-corrected chi connectivity index (χ2v) is 7.50. The molecule has 1 aliphatic rings. The fourth-order valence-electron chi connectivity index (χ4n) is 3.68. The van der Waals surface area contributed by atoms with Crippen LogP contribution in [0.2, 0.25) is 0 Å². The highest BCUT2D eigenvalue weighted by atomic mass is 19.4. The third kappa shape index (κ3) is 4.35. The quantitative estimate of drug-likeness (QED) is 0.883. The molecule has 1 aliphatic carbocycles. The zero-order valence-corrected chi connectivity index (χ0v) is 13.2. The van der Waals surface area contributed by atoms with Crippen molar-refractivity contribution in [3.8, 4) is 0 Å². The average Bonchev–Trinajstić information content (AvgIpc) is 2.33. The molecule has 1 aromatic rings. The van der Waals surface area contributed by atoms with E-state index in [0.29, 0.717) is 18.8 Å². The van der Waals surface area contributed by atoms with Gasteiger partial charge in [0.1, 0.15) is 5.82 Å². The lowest BCUT2D eigenvalue weighted by atomic mass is 9.63. The molecule has 0 radical (unpaired) electrons. The molecule has 6 heteroatoms. The molecular weight excluding hydrogens is 293 g/mol. The van der Waals surface area contributed by atoms with Crippen LogP contribution in [0, 0.1) is 10.8 Å². The molecule has 1 heterocycles. The molecule has 124 valence electrons. The van der Waals surface area contributed by atoms with Gasteiger partial charge in [0.05, 0.1) is 11.7 Å². The molecule has 2 N–H and O–H groups in total. The zero-order chi connectivity index (χ0) is 16.6. The van der Waals surface area contributed by atoms with E-state index >= 15 is 0 Å². The first-order chi connectivity index (χ1) is 9.99. The first-order valence-corrected chi connectivity index (χ1v) is 7.44. The number of anilines is 1.